The lowest BCUT2D eigenvalue weighted by Crippen LogP contribution is -2.34. The Balaban J connectivity index is 1.73. The van der Waals surface area contributed by atoms with Gasteiger partial charge in [-0.25, -0.2) is 0 Å². The van der Waals surface area contributed by atoms with Crippen LogP contribution in [0.4, 0.5) is 0 Å². The number of ether oxygens (including phenoxy) is 1. The average Bonchev–Trinajstić information content (AvgIpc) is 2.48. The number of nitrogens with two attached hydrogens (primary N) is 1. The minimum absolute atomic E-state index is 0.307. The molecule has 104 valence electrons. The third kappa shape index (κ3) is 2.85. The lowest BCUT2D eigenvalue weighted by atomic mass is 9.85. The summed E-state index contributed by atoms with van der Waals surface area (Å²) in [5.41, 5.74) is 8.82. The largest absolute Gasteiger partial charge is 0.370 e. The number of hydrogen-bond donors (Lipinski definition) is 1. The Morgan fingerprint density at radius 2 is 1.89 bits per heavy atom. The van der Waals surface area contributed by atoms with Gasteiger partial charge in [0.05, 0.1) is 12.2 Å². The molecule has 3 rings (SSSR count). The van der Waals surface area contributed by atoms with Crippen molar-refractivity contribution >= 4 is 0 Å². The van der Waals surface area contributed by atoms with Gasteiger partial charge in [0.1, 0.15) is 0 Å². The molecule has 0 amide bonds. The SMILES string of the molecule is NCC1CCCCC1OC1CCCc2ccccc21. The van der Waals surface area contributed by atoms with E-state index in [0.29, 0.717) is 18.1 Å². The van der Waals surface area contributed by atoms with Gasteiger partial charge in [-0.05, 0) is 55.7 Å². The second kappa shape index (κ2) is 6.06. The monoisotopic (exact) mass is 259 g/mol. The molecule has 2 aliphatic carbocycles. The van der Waals surface area contributed by atoms with Crippen LogP contribution in [0.15, 0.2) is 24.3 Å². The van der Waals surface area contributed by atoms with Gasteiger partial charge in [0.2, 0.25) is 0 Å². The molecule has 2 nitrogen and oxygen atoms in total. The van der Waals surface area contributed by atoms with Crippen LogP contribution in [0.1, 0.15) is 55.8 Å². The Kier molecular flexibility index (Phi) is 4.19. The number of aryl methyl sites for hydroxylation is 1. The molecule has 2 heteroatoms. The van der Waals surface area contributed by atoms with Crippen molar-refractivity contribution in [2.24, 2.45) is 11.7 Å². The highest BCUT2D eigenvalue weighted by Crippen LogP contribution is 2.37. The molecule has 1 aromatic rings. The molecule has 19 heavy (non-hydrogen) atoms. The number of rotatable bonds is 3. The van der Waals surface area contributed by atoms with E-state index in [-0.39, 0.29) is 0 Å². The zero-order valence-electron chi connectivity index (χ0n) is 11.7. The highest BCUT2D eigenvalue weighted by atomic mass is 16.5. The molecular weight excluding hydrogens is 234 g/mol. The Morgan fingerprint density at radius 3 is 2.79 bits per heavy atom. The third-order valence-electron chi connectivity index (χ3n) is 4.80. The minimum Gasteiger partial charge on any atom is -0.370 e. The predicted octanol–water partition coefficient (Wildman–Crippen LogP) is 3.60. The van der Waals surface area contributed by atoms with E-state index in [2.05, 4.69) is 24.3 Å². The van der Waals surface area contributed by atoms with Crippen molar-refractivity contribution in [1.29, 1.82) is 0 Å². The van der Waals surface area contributed by atoms with Crippen molar-refractivity contribution in [3.8, 4) is 0 Å². The van der Waals surface area contributed by atoms with Gasteiger partial charge in [0, 0.05) is 0 Å². The van der Waals surface area contributed by atoms with Gasteiger partial charge >= 0.3 is 0 Å². The van der Waals surface area contributed by atoms with Crippen LogP contribution < -0.4 is 5.73 Å². The van der Waals surface area contributed by atoms with Crippen molar-refractivity contribution in [1.82, 2.24) is 0 Å². The van der Waals surface area contributed by atoms with Crippen LogP contribution in [-0.2, 0) is 11.2 Å². The van der Waals surface area contributed by atoms with Gasteiger partial charge in [0.15, 0.2) is 0 Å². The second-order valence-corrected chi connectivity index (χ2v) is 6.03. The van der Waals surface area contributed by atoms with Crippen molar-refractivity contribution < 1.29 is 4.74 Å². The molecule has 0 saturated heterocycles. The van der Waals surface area contributed by atoms with E-state index in [1.165, 1.54) is 56.1 Å². The fraction of sp³-hybridized carbons (Fsp3) is 0.647. The van der Waals surface area contributed by atoms with E-state index in [1.807, 2.05) is 0 Å². The summed E-state index contributed by atoms with van der Waals surface area (Å²) < 4.78 is 6.48. The summed E-state index contributed by atoms with van der Waals surface area (Å²) >= 11 is 0. The Bertz CT molecular complexity index is 417. The average molecular weight is 259 g/mol. The van der Waals surface area contributed by atoms with E-state index in [1.54, 1.807) is 0 Å². The maximum atomic E-state index is 6.48. The number of fused-ring (bicyclic) bond motifs is 1. The maximum absolute atomic E-state index is 6.48. The predicted molar refractivity (Wildman–Crippen MR) is 78.0 cm³/mol. The van der Waals surface area contributed by atoms with E-state index in [0.717, 1.165) is 6.54 Å². The lowest BCUT2D eigenvalue weighted by Gasteiger charge is -2.35. The summed E-state index contributed by atoms with van der Waals surface area (Å²) in [6, 6.07) is 8.79. The van der Waals surface area contributed by atoms with Crippen LogP contribution in [0.5, 0.6) is 0 Å². The fourth-order valence-electron chi connectivity index (χ4n) is 3.68. The van der Waals surface area contributed by atoms with Crippen molar-refractivity contribution in [3.63, 3.8) is 0 Å². The van der Waals surface area contributed by atoms with Crippen molar-refractivity contribution in [2.45, 2.75) is 57.2 Å². The van der Waals surface area contributed by atoms with Crippen molar-refractivity contribution in [3.05, 3.63) is 35.4 Å². The van der Waals surface area contributed by atoms with Gasteiger partial charge in [-0.3, -0.25) is 0 Å². The van der Waals surface area contributed by atoms with Crippen LogP contribution in [0.25, 0.3) is 0 Å². The quantitative estimate of drug-likeness (QED) is 0.900. The molecule has 1 fully saturated rings. The first-order chi connectivity index (χ1) is 9.38. The van der Waals surface area contributed by atoms with Crippen LogP contribution >= 0.6 is 0 Å². The molecule has 0 spiro atoms. The van der Waals surface area contributed by atoms with Gasteiger partial charge in [-0.2, -0.15) is 0 Å². The summed E-state index contributed by atoms with van der Waals surface area (Å²) in [6.45, 7) is 0.777. The summed E-state index contributed by atoms with van der Waals surface area (Å²) in [6.07, 6.45) is 9.39. The van der Waals surface area contributed by atoms with Crippen LogP contribution in [0.2, 0.25) is 0 Å². The number of benzene rings is 1. The fourth-order valence-corrected chi connectivity index (χ4v) is 3.68. The highest BCUT2D eigenvalue weighted by molar-refractivity contribution is 5.31. The zero-order valence-corrected chi connectivity index (χ0v) is 11.7. The molecule has 3 unspecified atom stereocenters. The molecule has 1 aromatic carbocycles. The molecule has 0 radical (unpaired) electrons. The third-order valence-corrected chi connectivity index (χ3v) is 4.80. The lowest BCUT2D eigenvalue weighted by molar-refractivity contribution is -0.0656. The van der Waals surface area contributed by atoms with E-state index < -0.39 is 0 Å². The maximum Gasteiger partial charge on any atom is 0.0831 e. The smallest absolute Gasteiger partial charge is 0.0831 e. The molecule has 0 aliphatic heterocycles. The van der Waals surface area contributed by atoms with E-state index in [4.69, 9.17) is 10.5 Å². The summed E-state index contributed by atoms with van der Waals surface area (Å²) in [5.74, 6) is 0.572. The molecule has 0 heterocycles. The van der Waals surface area contributed by atoms with E-state index >= 15 is 0 Å². The summed E-state index contributed by atoms with van der Waals surface area (Å²) in [7, 11) is 0. The topological polar surface area (TPSA) is 35.2 Å². The molecule has 0 bridgehead atoms. The first-order valence-corrected chi connectivity index (χ1v) is 7.82. The molecular formula is C17H25NO. The Labute approximate surface area is 116 Å². The minimum atomic E-state index is 0.307. The molecule has 2 aliphatic rings. The normalized spacial score (nSPS) is 30.9. The second-order valence-electron chi connectivity index (χ2n) is 6.03. The molecule has 1 saturated carbocycles. The van der Waals surface area contributed by atoms with Gasteiger partial charge in [0.25, 0.3) is 0 Å². The van der Waals surface area contributed by atoms with Crippen LogP contribution in [0, 0.1) is 5.92 Å². The van der Waals surface area contributed by atoms with Crippen LogP contribution in [-0.4, -0.2) is 12.6 Å². The first kappa shape index (κ1) is 13.1. The van der Waals surface area contributed by atoms with Crippen LogP contribution in [0.3, 0.4) is 0 Å². The van der Waals surface area contributed by atoms with E-state index in [9.17, 15) is 0 Å². The van der Waals surface area contributed by atoms with Gasteiger partial charge < -0.3 is 10.5 Å². The summed E-state index contributed by atoms with van der Waals surface area (Å²) in [5, 5.41) is 0. The standard InChI is InChI=1S/C17H25NO/c18-12-14-7-2-4-10-16(14)19-17-11-5-8-13-6-1-3-9-15(13)17/h1,3,6,9,14,16-17H,2,4-5,7-8,10-12,18H2. The van der Waals surface area contributed by atoms with Crippen molar-refractivity contribution in [2.75, 3.05) is 6.54 Å². The van der Waals surface area contributed by atoms with Gasteiger partial charge in [-0.15, -0.1) is 0 Å². The molecule has 3 atom stereocenters. The zero-order chi connectivity index (χ0) is 13.1. The summed E-state index contributed by atoms with van der Waals surface area (Å²) in [4.78, 5) is 0. The highest BCUT2D eigenvalue weighted by Gasteiger charge is 2.29. The molecule has 2 N–H and O–H groups in total. The Hall–Kier alpha value is -0.860. The molecule has 0 aromatic heterocycles. The Morgan fingerprint density at radius 1 is 1.05 bits per heavy atom. The van der Waals surface area contributed by atoms with Gasteiger partial charge in [-0.1, -0.05) is 37.1 Å². The number of hydrogen-bond acceptors (Lipinski definition) is 2. The first-order valence-electron chi connectivity index (χ1n) is 7.82.